The van der Waals surface area contributed by atoms with E-state index in [0.29, 0.717) is 13.2 Å². The lowest BCUT2D eigenvalue weighted by Crippen LogP contribution is -2.48. The average molecular weight is 402 g/mol. The van der Waals surface area contributed by atoms with Crippen molar-refractivity contribution in [3.05, 3.63) is 41.7 Å². The smallest absolute Gasteiger partial charge is 0.194 e. The number of rotatable bonds is 7. The highest BCUT2D eigenvalue weighted by Crippen LogP contribution is 2.27. The molecule has 8 nitrogen and oxygen atoms in total. The van der Waals surface area contributed by atoms with Gasteiger partial charge in [0.15, 0.2) is 17.5 Å². The Kier molecular flexibility index (Phi) is 7.35. The fraction of sp³-hybridized carbons (Fsp3) is 0.524. The van der Waals surface area contributed by atoms with Crippen LogP contribution in [0.25, 0.3) is 0 Å². The van der Waals surface area contributed by atoms with Gasteiger partial charge in [-0.15, -0.1) is 0 Å². The minimum Gasteiger partial charge on any atom is -0.493 e. The van der Waals surface area contributed by atoms with E-state index in [1.807, 2.05) is 31.6 Å². The highest BCUT2D eigenvalue weighted by Gasteiger charge is 2.25. The fourth-order valence-corrected chi connectivity index (χ4v) is 3.40. The van der Waals surface area contributed by atoms with E-state index >= 15 is 0 Å². The lowest BCUT2D eigenvalue weighted by Gasteiger charge is -2.34. The van der Waals surface area contributed by atoms with E-state index in [9.17, 15) is 0 Å². The van der Waals surface area contributed by atoms with Gasteiger partial charge >= 0.3 is 0 Å². The Hall–Kier alpha value is -2.74. The third-order valence-corrected chi connectivity index (χ3v) is 4.91. The molecule has 0 saturated carbocycles. The molecule has 1 aromatic carbocycles. The van der Waals surface area contributed by atoms with Crippen LogP contribution in [0.5, 0.6) is 11.5 Å². The van der Waals surface area contributed by atoms with Crippen LogP contribution in [0.1, 0.15) is 24.2 Å². The Morgan fingerprint density at radius 3 is 2.83 bits per heavy atom. The van der Waals surface area contributed by atoms with Gasteiger partial charge in [-0.2, -0.15) is 5.10 Å². The summed E-state index contributed by atoms with van der Waals surface area (Å²) >= 11 is 0. The van der Waals surface area contributed by atoms with Crippen molar-refractivity contribution >= 4 is 5.96 Å². The lowest BCUT2D eigenvalue weighted by molar-refractivity contribution is -0.00803. The summed E-state index contributed by atoms with van der Waals surface area (Å²) in [7, 11) is 5.22. The minimum absolute atomic E-state index is 0.00663. The molecular weight excluding hydrogens is 370 g/mol. The number of nitrogens with zero attached hydrogens (tertiary/aromatic N) is 4. The third-order valence-electron chi connectivity index (χ3n) is 4.91. The van der Waals surface area contributed by atoms with Crippen LogP contribution in [-0.4, -0.2) is 67.6 Å². The fourth-order valence-electron chi connectivity index (χ4n) is 3.40. The van der Waals surface area contributed by atoms with Crippen molar-refractivity contribution < 1.29 is 14.2 Å². The largest absolute Gasteiger partial charge is 0.493 e. The molecule has 0 bridgehead atoms. The first kappa shape index (κ1) is 21.0. The first-order chi connectivity index (χ1) is 14.1. The molecule has 1 fully saturated rings. The van der Waals surface area contributed by atoms with Crippen LogP contribution in [0.2, 0.25) is 0 Å². The van der Waals surface area contributed by atoms with E-state index in [1.165, 1.54) is 0 Å². The molecule has 3 rings (SSSR count). The minimum atomic E-state index is 0.00663. The second-order valence-electron chi connectivity index (χ2n) is 6.93. The normalized spacial score (nSPS) is 17.3. The number of benzene rings is 1. The number of guanidine groups is 1. The number of aryl methyl sites for hydroxylation is 1. The van der Waals surface area contributed by atoms with Crippen LogP contribution in [0.15, 0.2) is 35.6 Å². The van der Waals surface area contributed by atoms with Gasteiger partial charge in [0.2, 0.25) is 0 Å². The maximum absolute atomic E-state index is 5.95. The zero-order valence-electron chi connectivity index (χ0n) is 17.7. The van der Waals surface area contributed by atoms with Gasteiger partial charge in [0, 0.05) is 38.4 Å². The number of aromatic nitrogens is 2. The van der Waals surface area contributed by atoms with Crippen LogP contribution in [0, 0.1) is 0 Å². The number of methoxy groups -OCH3 is 2. The zero-order valence-corrected chi connectivity index (χ0v) is 17.7. The monoisotopic (exact) mass is 401 g/mol. The number of hydrogen-bond acceptors (Lipinski definition) is 5. The number of ether oxygens (including phenoxy) is 3. The van der Waals surface area contributed by atoms with Crippen molar-refractivity contribution in [2.75, 3.05) is 47.0 Å². The standard InChI is InChI=1S/C21H31N5O3/c1-5-22-21(23-9-8-16-6-7-18(27-3)19(12-16)28-4)26-10-11-29-20(15-26)17-13-24-25(2)14-17/h6-7,12-14,20H,5,8-11,15H2,1-4H3,(H,22,23). The summed E-state index contributed by atoms with van der Waals surface area (Å²) < 4.78 is 18.5. The Morgan fingerprint density at radius 1 is 1.31 bits per heavy atom. The molecule has 1 aliphatic heterocycles. The lowest BCUT2D eigenvalue weighted by atomic mass is 10.1. The summed E-state index contributed by atoms with van der Waals surface area (Å²) in [5.41, 5.74) is 2.26. The van der Waals surface area contributed by atoms with Crippen molar-refractivity contribution in [2.24, 2.45) is 12.0 Å². The molecule has 0 aliphatic carbocycles. The van der Waals surface area contributed by atoms with Gasteiger partial charge in [-0.25, -0.2) is 0 Å². The molecule has 0 spiro atoms. The maximum atomic E-state index is 5.95. The van der Waals surface area contributed by atoms with Gasteiger partial charge in [0.05, 0.1) is 33.6 Å². The highest BCUT2D eigenvalue weighted by molar-refractivity contribution is 5.80. The van der Waals surface area contributed by atoms with Gasteiger partial charge in [-0.3, -0.25) is 9.67 Å². The third kappa shape index (κ3) is 5.41. The number of aliphatic imine (C=N–C) groups is 1. The van der Waals surface area contributed by atoms with Crippen molar-refractivity contribution in [1.82, 2.24) is 20.0 Å². The molecular formula is C21H31N5O3. The first-order valence-corrected chi connectivity index (χ1v) is 9.99. The molecule has 0 radical (unpaired) electrons. The topological polar surface area (TPSA) is 73.1 Å². The van der Waals surface area contributed by atoms with Crippen molar-refractivity contribution in [3.63, 3.8) is 0 Å². The number of hydrogen-bond donors (Lipinski definition) is 1. The van der Waals surface area contributed by atoms with Crippen LogP contribution in [0.3, 0.4) is 0 Å². The van der Waals surface area contributed by atoms with Gasteiger partial charge in [-0.1, -0.05) is 6.07 Å². The molecule has 1 N–H and O–H groups in total. The van der Waals surface area contributed by atoms with Gasteiger partial charge < -0.3 is 24.4 Å². The summed E-state index contributed by atoms with van der Waals surface area (Å²) in [5, 5.41) is 7.67. The van der Waals surface area contributed by atoms with Crippen LogP contribution in [0.4, 0.5) is 0 Å². The van der Waals surface area contributed by atoms with Crippen molar-refractivity contribution in [1.29, 1.82) is 0 Å². The number of nitrogens with one attached hydrogen (secondary N) is 1. The van der Waals surface area contributed by atoms with Crippen molar-refractivity contribution in [3.8, 4) is 11.5 Å². The Morgan fingerprint density at radius 2 is 2.14 bits per heavy atom. The quantitative estimate of drug-likeness (QED) is 0.565. The molecule has 1 saturated heterocycles. The Labute approximate surface area is 172 Å². The predicted molar refractivity (Wildman–Crippen MR) is 113 cm³/mol. The second-order valence-corrected chi connectivity index (χ2v) is 6.93. The van der Waals surface area contributed by atoms with E-state index in [0.717, 1.165) is 54.6 Å². The highest BCUT2D eigenvalue weighted by atomic mass is 16.5. The second kappa shape index (κ2) is 10.2. The van der Waals surface area contributed by atoms with Crippen LogP contribution >= 0.6 is 0 Å². The summed E-state index contributed by atoms with van der Waals surface area (Å²) in [6.45, 7) is 5.84. The molecule has 29 heavy (non-hydrogen) atoms. The predicted octanol–water partition coefficient (Wildman–Crippen LogP) is 2.02. The molecule has 2 heterocycles. The van der Waals surface area contributed by atoms with E-state index in [1.54, 1.807) is 18.9 Å². The summed E-state index contributed by atoms with van der Waals surface area (Å²) in [4.78, 5) is 7.11. The summed E-state index contributed by atoms with van der Waals surface area (Å²) in [5.74, 6) is 2.40. The molecule has 8 heteroatoms. The molecule has 158 valence electrons. The van der Waals surface area contributed by atoms with E-state index in [2.05, 4.69) is 28.3 Å². The van der Waals surface area contributed by atoms with E-state index in [-0.39, 0.29) is 6.10 Å². The van der Waals surface area contributed by atoms with Crippen LogP contribution in [-0.2, 0) is 18.2 Å². The molecule has 2 aromatic rings. The van der Waals surface area contributed by atoms with Crippen LogP contribution < -0.4 is 14.8 Å². The average Bonchev–Trinajstić information content (AvgIpc) is 3.19. The molecule has 1 aromatic heterocycles. The summed E-state index contributed by atoms with van der Waals surface area (Å²) in [6, 6.07) is 6.00. The molecule has 1 aliphatic rings. The number of morpholine rings is 1. The Balaban J connectivity index is 1.64. The van der Waals surface area contributed by atoms with Gasteiger partial charge in [-0.05, 0) is 31.0 Å². The maximum Gasteiger partial charge on any atom is 0.194 e. The van der Waals surface area contributed by atoms with Gasteiger partial charge in [0.25, 0.3) is 0 Å². The SMILES string of the molecule is CCNC(=NCCc1ccc(OC)c(OC)c1)N1CCOC(c2cnn(C)c2)C1. The molecule has 1 atom stereocenters. The van der Waals surface area contributed by atoms with Crippen molar-refractivity contribution in [2.45, 2.75) is 19.4 Å². The summed E-state index contributed by atoms with van der Waals surface area (Å²) in [6.07, 6.45) is 4.71. The molecule has 1 unspecified atom stereocenters. The Bertz CT molecular complexity index is 820. The zero-order chi connectivity index (χ0) is 20.6. The molecule has 0 amide bonds. The van der Waals surface area contributed by atoms with E-state index < -0.39 is 0 Å². The van der Waals surface area contributed by atoms with E-state index in [4.69, 9.17) is 19.2 Å². The first-order valence-electron chi connectivity index (χ1n) is 9.99. The van der Waals surface area contributed by atoms with Gasteiger partial charge in [0.1, 0.15) is 6.10 Å².